The first-order chi connectivity index (χ1) is 17.1. The third kappa shape index (κ3) is 3.02. The van der Waals surface area contributed by atoms with Gasteiger partial charge < -0.3 is 4.90 Å². The number of piperidine rings is 1. The van der Waals surface area contributed by atoms with Crippen molar-refractivity contribution in [3.8, 4) is 5.69 Å². The highest BCUT2D eigenvalue weighted by molar-refractivity contribution is 5.83. The predicted molar refractivity (Wildman–Crippen MR) is 134 cm³/mol. The van der Waals surface area contributed by atoms with Crippen LogP contribution in [0.4, 0.5) is 10.3 Å². The van der Waals surface area contributed by atoms with Crippen molar-refractivity contribution in [1.82, 2.24) is 19.7 Å². The molecule has 5 aromatic rings. The van der Waals surface area contributed by atoms with Gasteiger partial charge >= 0.3 is 0 Å². The van der Waals surface area contributed by atoms with Gasteiger partial charge in [0.15, 0.2) is 0 Å². The summed E-state index contributed by atoms with van der Waals surface area (Å²) < 4.78 is 15.4. The largest absolute Gasteiger partial charge is 0.340 e. The molecule has 1 saturated carbocycles. The van der Waals surface area contributed by atoms with Gasteiger partial charge in [0, 0.05) is 42.2 Å². The van der Waals surface area contributed by atoms with Crippen LogP contribution in [-0.2, 0) is 5.41 Å². The Bertz CT molecular complexity index is 1530. The Labute approximate surface area is 202 Å². The molecule has 7 rings (SSSR count). The molecule has 1 saturated heterocycles. The Kier molecular flexibility index (Phi) is 4.34. The molecule has 6 heteroatoms. The first-order valence-electron chi connectivity index (χ1n) is 12.0. The number of rotatable bonds is 4. The molecule has 5 nitrogen and oxygen atoms in total. The molecule has 35 heavy (non-hydrogen) atoms. The lowest BCUT2D eigenvalue weighted by Gasteiger charge is -2.25. The maximum atomic E-state index is 13.5. The summed E-state index contributed by atoms with van der Waals surface area (Å²) in [6, 6.07) is 23.8. The molecule has 1 aliphatic carbocycles. The highest BCUT2D eigenvalue weighted by Crippen LogP contribution is 2.70. The predicted octanol–water partition coefficient (Wildman–Crippen LogP) is 5.43. The number of nitrogens with zero attached hydrogens (tertiary/aromatic N) is 5. The third-order valence-electron chi connectivity index (χ3n) is 7.86. The maximum Gasteiger partial charge on any atom is 0.225 e. The zero-order chi connectivity index (χ0) is 23.6. The Morgan fingerprint density at radius 1 is 0.943 bits per heavy atom. The summed E-state index contributed by atoms with van der Waals surface area (Å²) in [6.07, 6.45) is 5.55. The van der Waals surface area contributed by atoms with E-state index in [0.29, 0.717) is 11.8 Å². The van der Waals surface area contributed by atoms with Gasteiger partial charge in [0.1, 0.15) is 5.82 Å². The molecule has 3 aromatic carbocycles. The van der Waals surface area contributed by atoms with Gasteiger partial charge in [0.25, 0.3) is 0 Å². The normalized spacial score (nSPS) is 23.0. The van der Waals surface area contributed by atoms with Gasteiger partial charge in [-0.1, -0.05) is 30.3 Å². The van der Waals surface area contributed by atoms with E-state index in [4.69, 9.17) is 0 Å². The number of aromatic nitrogens is 4. The number of hydrogen-bond acceptors (Lipinski definition) is 4. The molecule has 2 fully saturated rings. The van der Waals surface area contributed by atoms with Crippen LogP contribution in [-0.4, -0.2) is 32.8 Å². The number of benzene rings is 3. The third-order valence-corrected chi connectivity index (χ3v) is 7.86. The summed E-state index contributed by atoms with van der Waals surface area (Å²) >= 11 is 0. The summed E-state index contributed by atoms with van der Waals surface area (Å²) in [5, 5.41) is 5.74. The molecular formula is C29H24FN5. The summed E-state index contributed by atoms with van der Waals surface area (Å²) in [4.78, 5) is 11.4. The molecule has 0 bridgehead atoms. The van der Waals surface area contributed by atoms with Crippen molar-refractivity contribution >= 4 is 16.9 Å². The highest BCUT2D eigenvalue weighted by atomic mass is 19.1. The van der Waals surface area contributed by atoms with E-state index in [1.165, 1.54) is 28.8 Å². The lowest BCUT2D eigenvalue weighted by molar-refractivity contribution is 0.627. The van der Waals surface area contributed by atoms with E-state index in [0.717, 1.165) is 35.6 Å². The Morgan fingerprint density at radius 2 is 1.71 bits per heavy atom. The molecule has 3 atom stereocenters. The number of hydrogen-bond donors (Lipinski definition) is 0. The van der Waals surface area contributed by atoms with Crippen LogP contribution in [0, 0.1) is 18.7 Å². The first kappa shape index (κ1) is 20.3. The minimum absolute atomic E-state index is 0.0107. The number of anilines is 1. The summed E-state index contributed by atoms with van der Waals surface area (Å²) in [5.41, 5.74) is 5.92. The van der Waals surface area contributed by atoms with Crippen molar-refractivity contribution in [2.75, 3.05) is 18.0 Å². The SMILES string of the molecule is Cc1cc2c(cnn2-c2ccc(F)cc2)cc1C12CN(c3ncccn3)CC1C2c1ccccc1. The molecule has 0 radical (unpaired) electrons. The second-order valence-electron chi connectivity index (χ2n) is 9.72. The van der Waals surface area contributed by atoms with Crippen LogP contribution in [0.2, 0.25) is 0 Å². The quantitative estimate of drug-likeness (QED) is 0.358. The molecule has 2 aromatic heterocycles. The van der Waals surface area contributed by atoms with Crippen molar-refractivity contribution in [3.05, 3.63) is 114 Å². The van der Waals surface area contributed by atoms with Gasteiger partial charge in [-0.15, -0.1) is 0 Å². The standard InChI is InChI=1S/C29H24FN5/c1-19-14-26-21(16-33-35(26)23-10-8-22(30)9-11-23)15-24(19)29-18-34(28-31-12-5-13-32-28)17-25(29)27(29)20-6-3-2-4-7-20/h2-16,25,27H,17-18H2,1H3. The van der Waals surface area contributed by atoms with Crippen LogP contribution >= 0.6 is 0 Å². The Balaban J connectivity index is 1.34. The average molecular weight is 462 g/mol. The van der Waals surface area contributed by atoms with Crippen LogP contribution < -0.4 is 4.90 Å². The monoisotopic (exact) mass is 461 g/mol. The number of fused-ring (bicyclic) bond motifs is 2. The van der Waals surface area contributed by atoms with Crippen LogP contribution in [0.25, 0.3) is 16.6 Å². The summed E-state index contributed by atoms with van der Waals surface area (Å²) in [7, 11) is 0. The van der Waals surface area contributed by atoms with Crippen LogP contribution in [0.1, 0.15) is 22.6 Å². The fourth-order valence-corrected chi connectivity index (χ4v) is 6.34. The lowest BCUT2D eigenvalue weighted by atomic mass is 9.86. The van der Waals surface area contributed by atoms with Gasteiger partial charge in [-0.05, 0) is 72.0 Å². The van der Waals surface area contributed by atoms with Crippen molar-refractivity contribution < 1.29 is 4.39 Å². The lowest BCUT2D eigenvalue weighted by Crippen LogP contribution is -2.30. The highest BCUT2D eigenvalue weighted by Gasteiger charge is 2.70. The molecule has 0 amide bonds. The second kappa shape index (κ2) is 7.47. The van der Waals surface area contributed by atoms with Crippen LogP contribution in [0.15, 0.2) is 91.4 Å². The molecular weight excluding hydrogens is 437 g/mol. The molecule has 3 unspecified atom stereocenters. The van der Waals surface area contributed by atoms with Crippen molar-refractivity contribution in [2.45, 2.75) is 18.3 Å². The number of aryl methyl sites for hydroxylation is 1. The topological polar surface area (TPSA) is 46.8 Å². The van der Waals surface area contributed by atoms with Crippen LogP contribution in [0.3, 0.4) is 0 Å². The zero-order valence-corrected chi connectivity index (χ0v) is 19.3. The number of halogens is 1. The molecule has 1 aliphatic heterocycles. The van der Waals surface area contributed by atoms with Gasteiger partial charge in [0.05, 0.1) is 17.4 Å². The van der Waals surface area contributed by atoms with E-state index in [1.54, 1.807) is 12.1 Å². The van der Waals surface area contributed by atoms with E-state index in [1.807, 2.05) is 29.3 Å². The van der Waals surface area contributed by atoms with E-state index < -0.39 is 0 Å². The van der Waals surface area contributed by atoms with Crippen molar-refractivity contribution in [3.63, 3.8) is 0 Å². The van der Waals surface area contributed by atoms with Crippen molar-refractivity contribution in [1.29, 1.82) is 0 Å². The van der Waals surface area contributed by atoms with Crippen LogP contribution in [0.5, 0.6) is 0 Å². The van der Waals surface area contributed by atoms with E-state index in [9.17, 15) is 4.39 Å². The Morgan fingerprint density at radius 3 is 2.49 bits per heavy atom. The first-order valence-corrected chi connectivity index (χ1v) is 12.0. The fourth-order valence-electron chi connectivity index (χ4n) is 6.34. The zero-order valence-electron chi connectivity index (χ0n) is 19.3. The van der Waals surface area contributed by atoms with Gasteiger partial charge in [-0.25, -0.2) is 19.0 Å². The molecule has 172 valence electrons. The van der Waals surface area contributed by atoms with E-state index in [-0.39, 0.29) is 11.2 Å². The average Bonchev–Trinajstić information content (AvgIpc) is 3.16. The van der Waals surface area contributed by atoms with Gasteiger partial charge in [-0.2, -0.15) is 5.10 Å². The van der Waals surface area contributed by atoms with E-state index >= 15 is 0 Å². The molecule has 0 spiro atoms. The smallest absolute Gasteiger partial charge is 0.225 e. The van der Waals surface area contributed by atoms with E-state index in [2.05, 4.69) is 69.4 Å². The second-order valence-corrected chi connectivity index (χ2v) is 9.72. The molecule has 0 N–H and O–H groups in total. The maximum absolute atomic E-state index is 13.5. The minimum Gasteiger partial charge on any atom is -0.340 e. The fraction of sp³-hybridized carbons (Fsp3) is 0.207. The molecule has 3 heterocycles. The van der Waals surface area contributed by atoms with Crippen molar-refractivity contribution in [2.24, 2.45) is 5.92 Å². The van der Waals surface area contributed by atoms with Gasteiger partial charge in [0.2, 0.25) is 5.95 Å². The van der Waals surface area contributed by atoms with Gasteiger partial charge in [-0.3, -0.25) is 0 Å². The Hall–Kier alpha value is -4.06. The summed E-state index contributed by atoms with van der Waals surface area (Å²) in [6.45, 7) is 4.03. The molecule has 2 aliphatic rings. The minimum atomic E-state index is -0.248. The summed E-state index contributed by atoms with van der Waals surface area (Å²) in [5.74, 6) is 1.51.